The molecular formula is C15H22Cl2N2O. The Morgan fingerprint density at radius 1 is 1.20 bits per heavy atom. The predicted molar refractivity (Wildman–Crippen MR) is 85.0 cm³/mol. The topological polar surface area (TPSA) is 46.3 Å². The first-order valence-corrected chi connectivity index (χ1v) is 7.49. The van der Waals surface area contributed by atoms with Crippen LogP contribution in [-0.4, -0.2) is 22.9 Å². The van der Waals surface area contributed by atoms with Crippen molar-refractivity contribution in [2.45, 2.75) is 46.3 Å². The second-order valence-electron chi connectivity index (χ2n) is 5.58. The van der Waals surface area contributed by atoms with E-state index in [9.17, 15) is 4.79 Å². The van der Waals surface area contributed by atoms with Crippen LogP contribution < -0.4 is 5.73 Å². The molecule has 112 valence electrons. The van der Waals surface area contributed by atoms with Gasteiger partial charge in [-0.05, 0) is 37.5 Å². The minimum atomic E-state index is -0.486. The highest BCUT2D eigenvalue weighted by molar-refractivity contribution is 6.42. The van der Waals surface area contributed by atoms with Crippen LogP contribution in [0.5, 0.6) is 0 Å². The number of rotatable bonds is 5. The Morgan fingerprint density at radius 2 is 1.80 bits per heavy atom. The van der Waals surface area contributed by atoms with Gasteiger partial charge in [-0.15, -0.1) is 0 Å². The van der Waals surface area contributed by atoms with E-state index < -0.39 is 6.04 Å². The Balaban J connectivity index is 2.92. The van der Waals surface area contributed by atoms with Crippen molar-refractivity contribution in [3.8, 4) is 0 Å². The van der Waals surface area contributed by atoms with Crippen molar-refractivity contribution >= 4 is 29.1 Å². The number of amides is 1. The molecule has 0 aliphatic heterocycles. The lowest BCUT2D eigenvalue weighted by Crippen LogP contribution is -2.48. The summed E-state index contributed by atoms with van der Waals surface area (Å²) in [5.74, 6) is 0.0682. The molecule has 0 saturated carbocycles. The summed E-state index contributed by atoms with van der Waals surface area (Å²) < 4.78 is 0. The van der Waals surface area contributed by atoms with Gasteiger partial charge in [-0.2, -0.15) is 0 Å². The van der Waals surface area contributed by atoms with E-state index in [2.05, 4.69) is 0 Å². The third-order valence-corrected chi connectivity index (χ3v) is 3.99. The minimum absolute atomic E-state index is 0.0407. The molecule has 0 aliphatic rings. The molecule has 2 N–H and O–H groups in total. The fraction of sp³-hybridized carbons (Fsp3) is 0.533. The Kier molecular flexibility index (Phi) is 6.31. The molecule has 3 nitrogen and oxygen atoms in total. The second-order valence-corrected chi connectivity index (χ2v) is 6.39. The van der Waals surface area contributed by atoms with Crippen molar-refractivity contribution in [2.75, 3.05) is 0 Å². The fourth-order valence-corrected chi connectivity index (χ4v) is 2.15. The lowest BCUT2D eigenvalue weighted by molar-refractivity contribution is -0.136. The highest BCUT2D eigenvalue weighted by atomic mass is 35.5. The molecule has 1 unspecified atom stereocenters. The molecule has 0 spiro atoms. The van der Waals surface area contributed by atoms with E-state index in [1.165, 1.54) is 0 Å². The first-order chi connectivity index (χ1) is 9.23. The Bertz CT molecular complexity index is 475. The summed E-state index contributed by atoms with van der Waals surface area (Å²) in [4.78, 5) is 14.2. The van der Waals surface area contributed by atoms with Gasteiger partial charge in [0.2, 0.25) is 5.91 Å². The fourth-order valence-electron chi connectivity index (χ4n) is 1.83. The van der Waals surface area contributed by atoms with E-state index in [0.29, 0.717) is 16.6 Å². The van der Waals surface area contributed by atoms with E-state index in [1.54, 1.807) is 17.0 Å². The molecule has 0 bridgehead atoms. The van der Waals surface area contributed by atoms with Gasteiger partial charge in [0, 0.05) is 12.6 Å². The van der Waals surface area contributed by atoms with E-state index in [0.717, 1.165) is 5.56 Å². The van der Waals surface area contributed by atoms with Crippen LogP contribution in [0.2, 0.25) is 10.0 Å². The number of nitrogens with zero attached hydrogens (tertiary/aromatic N) is 1. The van der Waals surface area contributed by atoms with E-state index in [1.807, 2.05) is 33.8 Å². The maximum absolute atomic E-state index is 12.4. The van der Waals surface area contributed by atoms with E-state index in [4.69, 9.17) is 28.9 Å². The molecule has 0 aromatic heterocycles. The van der Waals surface area contributed by atoms with Crippen molar-refractivity contribution in [3.63, 3.8) is 0 Å². The molecule has 1 atom stereocenters. The minimum Gasteiger partial charge on any atom is -0.335 e. The van der Waals surface area contributed by atoms with Crippen LogP contribution >= 0.6 is 23.2 Å². The van der Waals surface area contributed by atoms with Crippen LogP contribution in [0.4, 0.5) is 0 Å². The Labute approximate surface area is 131 Å². The first-order valence-electron chi connectivity index (χ1n) is 6.74. The van der Waals surface area contributed by atoms with Gasteiger partial charge < -0.3 is 10.6 Å². The van der Waals surface area contributed by atoms with Gasteiger partial charge >= 0.3 is 0 Å². The summed E-state index contributed by atoms with van der Waals surface area (Å²) in [6.45, 7) is 8.32. The third kappa shape index (κ3) is 4.37. The molecule has 0 fully saturated rings. The number of hydrogen-bond donors (Lipinski definition) is 1. The van der Waals surface area contributed by atoms with Crippen LogP contribution in [0, 0.1) is 5.92 Å². The lowest BCUT2D eigenvalue weighted by atomic mass is 10.0. The van der Waals surface area contributed by atoms with Gasteiger partial charge in [0.25, 0.3) is 0 Å². The number of halogens is 2. The van der Waals surface area contributed by atoms with Crippen LogP contribution in [0.3, 0.4) is 0 Å². The molecule has 1 rings (SSSR count). The van der Waals surface area contributed by atoms with Crippen molar-refractivity contribution in [1.82, 2.24) is 4.90 Å². The highest BCUT2D eigenvalue weighted by Gasteiger charge is 2.25. The molecule has 1 aromatic rings. The summed E-state index contributed by atoms with van der Waals surface area (Å²) in [5, 5.41) is 1.00. The van der Waals surface area contributed by atoms with E-state index >= 15 is 0 Å². The standard InChI is InChI=1S/C15H22Cl2N2O/c1-9(2)14(18)15(20)19(10(3)4)8-11-5-6-12(16)13(17)7-11/h5-7,9-10,14H,8,18H2,1-4H3. The summed E-state index contributed by atoms with van der Waals surface area (Å²) in [6.07, 6.45) is 0. The zero-order valence-electron chi connectivity index (χ0n) is 12.4. The first kappa shape index (κ1) is 17.3. The Morgan fingerprint density at radius 3 is 2.25 bits per heavy atom. The monoisotopic (exact) mass is 316 g/mol. The molecular weight excluding hydrogens is 295 g/mol. The quantitative estimate of drug-likeness (QED) is 0.900. The molecule has 0 saturated heterocycles. The predicted octanol–water partition coefficient (Wildman–Crippen LogP) is 3.71. The second kappa shape index (κ2) is 7.30. The van der Waals surface area contributed by atoms with Crippen molar-refractivity contribution in [1.29, 1.82) is 0 Å². The Hall–Kier alpha value is -0.770. The largest absolute Gasteiger partial charge is 0.335 e. The maximum atomic E-state index is 12.4. The number of carbonyl (C=O) groups excluding carboxylic acids is 1. The molecule has 0 heterocycles. The summed E-state index contributed by atoms with van der Waals surface area (Å²) in [7, 11) is 0. The summed E-state index contributed by atoms with van der Waals surface area (Å²) in [5.41, 5.74) is 6.91. The average molecular weight is 317 g/mol. The lowest BCUT2D eigenvalue weighted by Gasteiger charge is -2.30. The van der Waals surface area contributed by atoms with Gasteiger partial charge in [0.15, 0.2) is 0 Å². The summed E-state index contributed by atoms with van der Waals surface area (Å²) >= 11 is 11.9. The van der Waals surface area contributed by atoms with Crippen LogP contribution in [0.1, 0.15) is 33.3 Å². The third-order valence-electron chi connectivity index (χ3n) is 3.25. The van der Waals surface area contributed by atoms with Crippen molar-refractivity contribution in [3.05, 3.63) is 33.8 Å². The van der Waals surface area contributed by atoms with Crippen molar-refractivity contribution in [2.24, 2.45) is 11.7 Å². The van der Waals surface area contributed by atoms with Crippen LogP contribution in [0.15, 0.2) is 18.2 Å². The van der Waals surface area contributed by atoms with Gasteiger partial charge in [-0.3, -0.25) is 4.79 Å². The van der Waals surface area contributed by atoms with E-state index in [-0.39, 0.29) is 17.9 Å². The molecule has 0 aliphatic carbocycles. The van der Waals surface area contributed by atoms with Crippen LogP contribution in [-0.2, 0) is 11.3 Å². The number of hydrogen-bond acceptors (Lipinski definition) is 2. The van der Waals surface area contributed by atoms with Gasteiger partial charge in [-0.25, -0.2) is 0 Å². The number of benzene rings is 1. The molecule has 20 heavy (non-hydrogen) atoms. The molecule has 0 radical (unpaired) electrons. The summed E-state index contributed by atoms with van der Waals surface area (Å²) in [6, 6.07) is 4.98. The normalized spacial score (nSPS) is 12.8. The SMILES string of the molecule is CC(C)C(N)C(=O)N(Cc1ccc(Cl)c(Cl)c1)C(C)C. The number of nitrogens with two attached hydrogens (primary N) is 1. The molecule has 1 aromatic carbocycles. The molecule has 1 amide bonds. The smallest absolute Gasteiger partial charge is 0.240 e. The molecule has 5 heteroatoms. The van der Waals surface area contributed by atoms with Gasteiger partial charge in [0.1, 0.15) is 0 Å². The van der Waals surface area contributed by atoms with Crippen LogP contribution in [0.25, 0.3) is 0 Å². The average Bonchev–Trinajstić information content (AvgIpc) is 2.37. The van der Waals surface area contributed by atoms with Gasteiger partial charge in [-0.1, -0.05) is 43.1 Å². The highest BCUT2D eigenvalue weighted by Crippen LogP contribution is 2.24. The zero-order valence-corrected chi connectivity index (χ0v) is 13.9. The van der Waals surface area contributed by atoms with Crippen molar-refractivity contribution < 1.29 is 4.79 Å². The maximum Gasteiger partial charge on any atom is 0.240 e. The van der Waals surface area contributed by atoms with Gasteiger partial charge in [0.05, 0.1) is 16.1 Å². The zero-order chi connectivity index (χ0) is 15.4. The number of carbonyl (C=O) groups is 1.